The summed E-state index contributed by atoms with van der Waals surface area (Å²) in [6.07, 6.45) is 9.47. The van der Waals surface area contributed by atoms with Gasteiger partial charge in [0.1, 0.15) is 0 Å². The lowest BCUT2D eigenvalue weighted by Crippen LogP contribution is -2.36. The largest absolute Gasteiger partial charge is 0.306 e. The normalized spacial score (nSPS) is 26.7. The van der Waals surface area contributed by atoms with Crippen molar-refractivity contribution in [3.8, 4) is 0 Å². The first kappa shape index (κ1) is 12.9. The highest BCUT2D eigenvalue weighted by Gasteiger charge is 2.22. The summed E-state index contributed by atoms with van der Waals surface area (Å²) in [4.78, 5) is 4.42. The van der Waals surface area contributed by atoms with E-state index in [1.807, 2.05) is 24.0 Å². The Bertz CT molecular complexity index is 328. The van der Waals surface area contributed by atoms with E-state index in [2.05, 4.69) is 35.6 Å². The Labute approximate surface area is 109 Å². The van der Waals surface area contributed by atoms with E-state index < -0.39 is 0 Å². The number of hydrogen-bond donors (Lipinski definition) is 1. The number of rotatable bonds is 4. The first-order valence-corrected chi connectivity index (χ1v) is 7.78. The molecule has 17 heavy (non-hydrogen) atoms. The maximum atomic E-state index is 4.42. The van der Waals surface area contributed by atoms with Gasteiger partial charge in [0.05, 0.1) is 5.69 Å². The quantitative estimate of drug-likeness (QED) is 0.886. The molecule has 1 aliphatic rings. The van der Waals surface area contributed by atoms with E-state index in [0.717, 1.165) is 10.9 Å². The molecule has 1 heterocycles. The van der Waals surface area contributed by atoms with Gasteiger partial charge in [-0.25, -0.2) is 0 Å². The van der Waals surface area contributed by atoms with Crippen LogP contribution in [0.1, 0.15) is 44.3 Å². The van der Waals surface area contributed by atoms with Crippen molar-refractivity contribution in [2.75, 3.05) is 6.26 Å². The highest BCUT2D eigenvalue weighted by molar-refractivity contribution is 7.99. The van der Waals surface area contributed by atoms with E-state index in [1.165, 1.54) is 25.7 Å². The minimum absolute atomic E-state index is 0.363. The van der Waals surface area contributed by atoms with Gasteiger partial charge in [0, 0.05) is 23.5 Å². The Kier molecular flexibility index (Phi) is 4.86. The third-order valence-electron chi connectivity index (χ3n) is 3.58. The van der Waals surface area contributed by atoms with Crippen molar-refractivity contribution in [3.63, 3.8) is 0 Å². The number of aromatic nitrogens is 1. The SMILES string of the molecule is CSC1CCCC(NC(C)c2ccccn2)C1. The Morgan fingerprint density at radius 2 is 2.29 bits per heavy atom. The van der Waals surface area contributed by atoms with Crippen LogP contribution in [0.4, 0.5) is 0 Å². The zero-order chi connectivity index (χ0) is 12.1. The monoisotopic (exact) mass is 250 g/mol. The second kappa shape index (κ2) is 6.41. The highest BCUT2D eigenvalue weighted by Crippen LogP contribution is 2.28. The summed E-state index contributed by atoms with van der Waals surface area (Å²) >= 11 is 2.02. The molecule has 0 bridgehead atoms. The lowest BCUT2D eigenvalue weighted by molar-refractivity contribution is 0.350. The summed E-state index contributed by atoms with van der Waals surface area (Å²) in [5.41, 5.74) is 1.15. The Hall–Kier alpha value is -0.540. The average molecular weight is 250 g/mol. The standard InChI is InChI=1S/C14H22N2S/c1-11(14-8-3-4-9-15-14)16-12-6-5-7-13(10-12)17-2/h3-4,8-9,11-13,16H,5-7,10H2,1-2H3. The summed E-state index contributed by atoms with van der Waals surface area (Å²) in [6, 6.07) is 7.17. The Morgan fingerprint density at radius 3 is 3.00 bits per heavy atom. The van der Waals surface area contributed by atoms with E-state index >= 15 is 0 Å². The van der Waals surface area contributed by atoms with E-state index in [9.17, 15) is 0 Å². The van der Waals surface area contributed by atoms with Gasteiger partial charge in [-0.2, -0.15) is 11.8 Å². The van der Waals surface area contributed by atoms with Crippen molar-refractivity contribution in [1.82, 2.24) is 10.3 Å². The van der Waals surface area contributed by atoms with Crippen LogP contribution >= 0.6 is 11.8 Å². The molecular formula is C14H22N2S. The predicted molar refractivity (Wildman–Crippen MR) is 75.3 cm³/mol. The number of thioether (sulfide) groups is 1. The van der Waals surface area contributed by atoms with Crippen molar-refractivity contribution in [2.24, 2.45) is 0 Å². The molecule has 0 amide bonds. The molecule has 2 rings (SSSR count). The van der Waals surface area contributed by atoms with Gasteiger partial charge in [-0.1, -0.05) is 12.5 Å². The Morgan fingerprint density at radius 1 is 1.41 bits per heavy atom. The molecule has 0 aromatic carbocycles. The summed E-state index contributed by atoms with van der Waals surface area (Å²) < 4.78 is 0. The summed E-state index contributed by atoms with van der Waals surface area (Å²) in [5, 5.41) is 4.57. The fraction of sp³-hybridized carbons (Fsp3) is 0.643. The third kappa shape index (κ3) is 3.71. The Balaban J connectivity index is 1.88. The second-order valence-electron chi connectivity index (χ2n) is 4.86. The minimum Gasteiger partial charge on any atom is -0.306 e. The fourth-order valence-electron chi connectivity index (χ4n) is 2.58. The first-order valence-electron chi connectivity index (χ1n) is 6.49. The van der Waals surface area contributed by atoms with Crippen LogP contribution in [-0.4, -0.2) is 22.5 Å². The summed E-state index contributed by atoms with van der Waals surface area (Å²) in [5.74, 6) is 0. The lowest BCUT2D eigenvalue weighted by Gasteiger charge is -2.31. The van der Waals surface area contributed by atoms with Gasteiger partial charge in [0.2, 0.25) is 0 Å². The molecule has 94 valence electrons. The maximum absolute atomic E-state index is 4.42. The van der Waals surface area contributed by atoms with Gasteiger partial charge >= 0.3 is 0 Å². The summed E-state index contributed by atoms with van der Waals surface area (Å²) in [7, 11) is 0. The molecule has 0 aliphatic heterocycles. The van der Waals surface area contributed by atoms with E-state index in [0.29, 0.717) is 12.1 Å². The molecule has 0 spiro atoms. The van der Waals surface area contributed by atoms with E-state index in [4.69, 9.17) is 0 Å². The van der Waals surface area contributed by atoms with Crippen molar-refractivity contribution in [1.29, 1.82) is 0 Å². The number of nitrogens with zero attached hydrogens (tertiary/aromatic N) is 1. The fourth-order valence-corrected chi connectivity index (χ4v) is 3.41. The van der Waals surface area contributed by atoms with E-state index in [-0.39, 0.29) is 0 Å². The first-order chi connectivity index (χ1) is 8.29. The molecule has 3 heteroatoms. The second-order valence-corrected chi connectivity index (χ2v) is 6.00. The zero-order valence-electron chi connectivity index (χ0n) is 10.7. The molecule has 1 aromatic rings. The van der Waals surface area contributed by atoms with Crippen LogP contribution in [0.25, 0.3) is 0 Å². The van der Waals surface area contributed by atoms with Crippen LogP contribution in [-0.2, 0) is 0 Å². The van der Waals surface area contributed by atoms with Crippen LogP contribution in [0.3, 0.4) is 0 Å². The summed E-state index contributed by atoms with van der Waals surface area (Å²) in [6.45, 7) is 2.21. The minimum atomic E-state index is 0.363. The molecule has 0 saturated heterocycles. The number of pyridine rings is 1. The molecule has 1 fully saturated rings. The highest BCUT2D eigenvalue weighted by atomic mass is 32.2. The number of nitrogens with one attached hydrogen (secondary N) is 1. The lowest BCUT2D eigenvalue weighted by atomic mass is 9.94. The van der Waals surface area contributed by atoms with Crippen LogP contribution in [0.5, 0.6) is 0 Å². The zero-order valence-corrected chi connectivity index (χ0v) is 11.5. The van der Waals surface area contributed by atoms with Gasteiger partial charge in [0.15, 0.2) is 0 Å². The molecule has 2 nitrogen and oxygen atoms in total. The van der Waals surface area contributed by atoms with Crippen LogP contribution in [0.15, 0.2) is 24.4 Å². The molecule has 1 aliphatic carbocycles. The van der Waals surface area contributed by atoms with Crippen LogP contribution < -0.4 is 5.32 Å². The average Bonchev–Trinajstić information content (AvgIpc) is 2.40. The molecule has 1 N–H and O–H groups in total. The van der Waals surface area contributed by atoms with Crippen LogP contribution in [0, 0.1) is 0 Å². The van der Waals surface area contributed by atoms with Crippen molar-refractivity contribution < 1.29 is 0 Å². The maximum Gasteiger partial charge on any atom is 0.0570 e. The molecule has 0 radical (unpaired) electrons. The molecule has 3 unspecified atom stereocenters. The molecular weight excluding hydrogens is 228 g/mol. The molecule has 1 aromatic heterocycles. The smallest absolute Gasteiger partial charge is 0.0570 e. The van der Waals surface area contributed by atoms with Gasteiger partial charge in [0.25, 0.3) is 0 Å². The topological polar surface area (TPSA) is 24.9 Å². The van der Waals surface area contributed by atoms with Gasteiger partial charge in [-0.05, 0) is 44.6 Å². The number of hydrogen-bond acceptors (Lipinski definition) is 3. The predicted octanol–water partition coefficient (Wildman–Crippen LogP) is 3.41. The van der Waals surface area contributed by atoms with Crippen LogP contribution in [0.2, 0.25) is 0 Å². The molecule has 1 saturated carbocycles. The van der Waals surface area contributed by atoms with Crippen molar-refractivity contribution in [2.45, 2.75) is 49.9 Å². The molecule has 3 atom stereocenters. The van der Waals surface area contributed by atoms with E-state index in [1.54, 1.807) is 0 Å². The van der Waals surface area contributed by atoms with Gasteiger partial charge in [-0.15, -0.1) is 0 Å². The van der Waals surface area contributed by atoms with Crippen molar-refractivity contribution in [3.05, 3.63) is 30.1 Å². The van der Waals surface area contributed by atoms with Gasteiger partial charge in [-0.3, -0.25) is 4.98 Å². The third-order valence-corrected chi connectivity index (χ3v) is 4.67. The van der Waals surface area contributed by atoms with Gasteiger partial charge < -0.3 is 5.32 Å². The van der Waals surface area contributed by atoms with Crippen molar-refractivity contribution >= 4 is 11.8 Å².